The molecule has 0 aliphatic rings. The summed E-state index contributed by atoms with van der Waals surface area (Å²) in [5.74, 6) is 0.829. The minimum Gasteiger partial charge on any atom is -0.364 e. The van der Waals surface area contributed by atoms with Crippen molar-refractivity contribution in [1.29, 1.82) is 0 Å². The molecule has 29 heavy (non-hydrogen) atoms. The fraction of sp³-hybridized carbons (Fsp3) is 0.0435. The summed E-state index contributed by atoms with van der Waals surface area (Å²) in [7, 11) is 0. The van der Waals surface area contributed by atoms with Gasteiger partial charge in [-0.3, -0.25) is 0 Å². The van der Waals surface area contributed by atoms with Gasteiger partial charge in [-0.1, -0.05) is 48.0 Å². The zero-order chi connectivity index (χ0) is 19.6. The maximum absolute atomic E-state index is 6.09. The summed E-state index contributed by atoms with van der Waals surface area (Å²) in [5.41, 5.74) is 4.07. The van der Waals surface area contributed by atoms with Gasteiger partial charge < -0.3 is 9.88 Å². The summed E-state index contributed by atoms with van der Waals surface area (Å²) in [6.07, 6.45) is 3.73. The van der Waals surface area contributed by atoms with Crippen LogP contribution in [0.1, 0.15) is 4.88 Å². The molecular formula is C23H17ClN4S. The van der Waals surface area contributed by atoms with Crippen molar-refractivity contribution < 1.29 is 0 Å². The van der Waals surface area contributed by atoms with Crippen molar-refractivity contribution in [2.75, 3.05) is 5.32 Å². The fourth-order valence-corrected chi connectivity index (χ4v) is 4.19. The number of hydrogen-bond acceptors (Lipinski definition) is 4. The van der Waals surface area contributed by atoms with Crippen LogP contribution in [0.25, 0.3) is 27.8 Å². The molecule has 1 N–H and O–H groups in total. The smallest absolute Gasteiger partial charge is 0.150 e. The lowest BCUT2D eigenvalue weighted by atomic mass is 10.1. The lowest BCUT2D eigenvalue weighted by Gasteiger charge is -2.08. The molecule has 0 aliphatic carbocycles. The van der Waals surface area contributed by atoms with Gasteiger partial charge in [0, 0.05) is 27.3 Å². The molecule has 0 amide bonds. The molecule has 0 bridgehead atoms. The van der Waals surface area contributed by atoms with Gasteiger partial charge in [-0.05, 0) is 41.3 Å². The van der Waals surface area contributed by atoms with Crippen LogP contribution in [0.15, 0.2) is 84.6 Å². The molecule has 142 valence electrons. The van der Waals surface area contributed by atoms with Gasteiger partial charge in [0.25, 0.3) is 0 Å². The maximum Gasteiger partial charge on any atom is 0.150 e. The second-order valence-electron chi connectivity index (χ2n) is 6.61. The van der Waals surface area contributed by atoms with E-state index in [9.17, 15) is 0 Å². The van der Waals surface area contributed by atoms with Gasteiger partial charge in [-0.25, -0.2) is 9.97 Å². The van der Waals surface area contributed by atoms with E-state index in [-0.39, 0.29) is 0 Å². The maximum atomic E-state index is 6.09. The van der Waals surface area contributed by atoms with Crippen LogP contribution in [-0.2, 0) is 6.54 Å². The molecule has 0 aliphatic heterocycles. The van der Waals surface area contributed by atoms with Gasteiger partial charge in [-0.15, -0.1) is 11.3 Å². The van der Waals surface area contributed by atoms with Crippen molar-refractivity contribution in [3.8, 4) is 16.8 Å². The number of nitrogens with zero attached hydrogens (tertiary/aromatic N) is 3. The number of anilines is 1. The number of rotatable bonds is 5. The van der Waals surface area contributed by atoms with Crippen LogP contribution in [0.2, 0.25) is 5.02 Å². The minimum atomic E-state index is 0.710. The van der Waals surface area contributed by atoms with E-state index in [0.717, 1.165) is 40.2 Å². The number of halogens is 1. The topological polar surface area (TPSA) is 42.7 Å². The molecule has 0 unspecified atom stereocenters. The Bertz CT molecular complexity index is 1250. The highest BCUT2D eigenvalue weighted by Crippen LogP contribution is 2.35. The molecule has 4 nitrogen and oxygen atoms in total. The lowest BCUT2D eigenvalue weighted by molar-refractivity contribution is 1.07. The summed E-state index contributed by atoms with van der Waals surface area (Å²) in [6, 6.07) is 22.3. The highest BCUT2D eigenvalue weighted by molar-refractivity contribution is 7.09. The first-order valence-electron chi connectivity index (χ1n) is 9.23. The predicted molar refractivity (Wildman–Crippen MR) is 121 cm³/mol. The average molecular weight is 417 g/mol. The molecule has 0 fully saturated rings. The summed E-state index contributed by atoms with van der Waals surface area (Å²) in [6.45, 7) is 0.726. The number of nitrogens with one attached hydrogen (secondary N) is 1. The highest BCUT2D eigenvalue weighted by atomic mass is 35.5. The molecule has 2 aromatic carbocycles. The van der Waals surface area contributed by atoms with Gasteiger partial charge in [-0.2, -0.15) is 0 Å². The van der Waals surface area contributed by atoms with Crippen LogP contribution in [0.4, 0.5) is 5.82 Å². The largest absolute Gasteiger partial charge is 0.364 e. The highest BCUT2D eigenvalue weighted by Gasteiger charge is 2.17. The third kappa shape index (κ3) is 3.50. The van der Waals surface area contributed by atoms with Crippen molar-refractivity contribution in [3.63, 3.8) is 0 Å². The normalized spacial score (nSPS) is 11.1. The quantitative estimate of drug-likeness (QED) is 0.359. The SMILES string of the molecule is Clc1ccc(-n2cc(-c3ccccc3)c3c(NCc4cccs4)ncnc32)cc1. The molecule has 0 radical (unpaired) electrons. The fourth-order valence-electron chi connectivity index (χ4n) is 3.41. The van der Waals surface area contributed by atoms with Crippen molar-refractivity contribution in [2.24, 2.45) is 0 Å². The molecule has 0 atom stereocenters. The van der Waals surface area contributed by atoms with Crippen LogP contribution in [0, 0.1) is 0 Å². The van der Waals surface area contributed by atoms with Gasteiger partial charge in [0.15, 0.2) is 5.65 Å². The molecule has 3 heterocycles. The second kappa shape index (κ2) is 7.70. The van der Waals surface area contributed by atoms with Crippen molar-refractivity contribution in [1.82, 2.24) is 14.5 Å². The summed E-state index contributed by atoms with van der Waals surface area (Å²) >= 11 is 7.82. The van der Waals surface area contributed by atoms with Gasteiger partial charge >= 0.3 is 0 Å². The monoisotopic (exact) mass is 416 g/mol. The Morgan fingerprint density at radius 1 is 0.931 bits per heavy atom. The molecule has 5 aromatic rings. The van der Waals surface area contributed by atoms with Gasteiger partial charge in [0.05, 0.1) is 11.9 Å². The Kier molecular flexibility index (Phi) is 4.76. The Labute approximate surface area is 177 Å². The summed E-state index contributed by atoms with van der Waals surface area (Å²) < 4.78 is 2.09. The first kappa shape index (κ1) is 17.9. The van der Waals surface area contributed by atoms with Gasteiger partial charge in [0.2, 0.25) is 0 Å². The molecule has 0 saturated heterocycles. The number of aromatic nitrogens is 3. The number of hydrogen-bond donors (Lipinski definition) is 1. The predicted octanol–water partition coefficient (Wildman–Crippen LogP) is 6.41. The minimum absolute atomic E-state index is 0.710. The van der Waals surface area contributed by atoms with E-state index in [2.05, 4.69) is 55.7 Å². The van der Waals surface area contributed by atoms with Gasteiger partial charge in [0.1, 0.15) is 12.1 Å². The van der Waals surface area contributed by atoms with E-state index in [1.54, 1.807) is 17.7 Å². The Balaban J connectivity index is 1.69. The molecule has 5 rings (SSSR count). The Hall–Kier alpha value is -3.15. The van der Waals surface area contributed by atoms with E-state index in [1.807, 2.05) is 42.5 Å². The summed E-state index contributed by atoms with van der Waals surface area (Å²) in [5, 5.41) is 7.30. The van der Waals surface area contributed by atoms with E-state index in [1.165, 1.54) is 4.88 Å². The molecule has 0 saturated carbocycles. The van der Waals surface area contributed by atoms with E-state index in [0.29, 0.717) is 5.02 Å². The van der Waals surface area contributed by atoms with Crippen LogP contribution >= 0.6 is 22.9 Å². The van der Waals surface area contributed by atoms with Crippen LogP contribution < -0.4 is 5.32 Å². The average Bonchev–Trinajstić information content (AvgIpc) is 3.42. The van der Waals surface area contributed by atoms with Crippen LogP contribution in [-0.4, -0.2) is 14.5 Å². The first-order valence-corrected chi connectivity index (χ1v) is 10.5. The number of thiophene rings is 1. The standard InChI is InChI=1S/C23H17ClN4S/c24-17-8-10-18(11-9-17)28-14-20(16-5-2-1-3-6-16)21-22(26-15-27-23(21)28)25-13-19-7-4-12-29-19/h1-12,14-15H,13H2,(H,25,26,27). The van der Waals surface area contributed by atoms with E-state index >= 15 is 0 Å². The van der Waals surface area contributed by atoms with E-state index in [4.69, 9.17) is 11.6 Å². The third-order valence-electron chi connectivity index (χ3n) is 4.78. The van der Waals surface area contributed by atoms with Crippen molar-refractivity contribution >= 4 is 39.8 Å². The van der Waals surface area contributed by atoms with Crippen molar-refractivity contribution in [2.45, 2.75) is 6.54 Å². The third-order valence-corrected chi connectivity index (χ3v) is 5.91. The Morgan fingerprint density at radius 2 is 1.76 bits per heavy atom. The molecule has 6 heteroatoms. The number of fused-ring (bicyclic) bond motifs is 1. The summed E-state index contributed by atoms with van der Waals surface area (Å²) in [4.78, 5) is 10.4. The number of benzene rings is 2. The molecular weight excluding hydrogens is 400 g/mol. The van der Waals surface area contributed by atoms with Crippen LogP contribution in [0.5, 0.6) is 0 Å². The van der Waals surface area contributed by atoms with Crippen molar-refractivity contribution in [3.05, 3.63) is 94.5 Å². The molecule has 0 spiro atoms. The zero-order valence-electron chi connectivity index (χ0n) is 15.4. The zero-order valence-corrected chi connectivity index (χ0v) is 17.0. The Morgan fingerprint density at radius 3 is 2.52 bits per heavy atom. The first-order chi connectivity index (χ1) is 14.3. The molecule has 3 aromatic heterocycles. The van der Waals surface area contributed by atoms with Crippen LogP contribution in [0.3, 0.4) is 0 Å². The lowest BCUT2D eigenvalue weighted by Crippen LogP contribution is -2.02. The van der Waals surface area contributed by atoms with E-state index < -0.39 is 0 Å². The second-order valence-corrected chi connectivity index (χ2v) is 8.08.